The summed E-state index contributed by atoms with van der Waals surface area (Å²) in [6.45, 7) is 12.9. The lowest BCUT2D eigenvalue weighted by molar-refractivity contribution is 1.17. The molecule has 0 bridgehead atoms. The van der Waals surface area contributed by atoms with Gasteiger partial charge in [0.2, 0.25) is 0 Å². The van der Waals surface area contributed by atoms with Gasteiger partial charge in [-0.25, -0.2) is 0 Å². The van der Waals surface area contributed by atoms with Crippen LogP contribution >= 0.6 is 0 Å². The van der Waals surface area contributed by atoms with E-state index in [1.807, 2.05) is 0 Å². The van der Waals surface area contributed by atoms with Gasteiger partial charge >= 0.3 is 0 Å². The molecule has 6 heterocycles. The Kier molecular flexibility index (Phi) is 22.3. The minimum absolute atomic E-state index is 1.21. The third-order valence-electron chi connectivity index (χ3n) is 29.0. The number of rotatable bonds is 6. The lowest BCUT2D eigenvalue weighted by Gasteiger charge is -2.10. The van der Waals surface area contributed by atoms with Gasteiger partial charge in [0, 0.05) is 110 Å². The number of nitrogens with zero attached hydrogens (tertiary/aromatic N) is 6. The van der Waals surface area contributed by atoms with Crippen LogP contribution in [-0.2, 0) is 0 Å². The molecule has 0 spiro atoms. The molecule has 0 N–H and O–H groups in total. The highest BCUT2D eigenvalue weighted by molar-refractivity contribution is 6.26. The van der Waals surface area contributed by atoms with Gasteiger partial charge in [0.05, 0.1) is 66.2 Å². The van der Waals surface area contributed by atoms with Crippen LogP contribution in [0, 0.1) is 41.5 Å². The summed E-state index contributed by atoms with van der Waals surface area (Å²) in [5.41, 5.74) is 30.2. The maximum absolute atomic E-state index is 2.40. The maximum Gasteiger partial charge on any atom is 0.0619 e. The second-order valence-corrected chi connectivity index (χ2v) is 38.3. The highest BCUT2D eigenvalue weighted by atomic mass is 15.0. The van der Waals surface area contributed by atoms with Crippen LogP contribution < -0.4 is 0 Å². The first-order chi connectivity index (χ1) is 70.9. The second-order valence-electron chi connectivity index (χ2n) is 38.3. The molecule has 6 nitrogen and oxygen atoms in total. The molecule has 0 atom stereocenters. The molecule has 0 radical (unpaired) electrons. The summed E-state index contributed by atoms with van der Waals surface area (Å²) in [6.07, 6.45) is 0. The molecular weight excluding hydrogens is 1740 g/mol. The van der Waals surface area contributed by atoms with Crippen LogP contribution in [0.1, 0.15) is 33.4 Å². The number of hydrogen-bond donors (Lipinski definition) is 0. The molecule has 30 aromatic rings. The molecule has 0 aliphatic carbocycles. The smallest absolute Gasteiger partial charge is 0.0619 e. The monoisotopic (exact) mass is 1840 g/mol. The number of benzene rings is 24. The number of fused-ring (bicyclic) bond motifs is 29. The van der Waals surface area contributed by atoms with Crippen LogP contribution in [0.4, 0.5) is 0 Å². The zero-order valence-corrected chi connectivity index (χ0v) is 81.2. The summed E-state index contributed by atoms with van der Waals surface area (Å²) < 4.78 is 14.3. The summed E-state index contributed by atoms with van der Waals surface area (Å²) in [5, 5.41) is 31.4. The van der Waals surface area contributed by atoms with Crippen LogP contribution in [0.25, 0.3) is 230 Å². The van der Waals surface area contributed by atoms with E-state index in [0.29, 0.717) is 0 Å². The fourth-order valence-corrected chi connectivity index (χ4v) is 22.4. The Morgan fingerprint density at radius 2 is 0.368 bits per heavy atom. The fraction of sp³-hybridized carbons (Fsp3) is 0.0435. The average Bonchev–Trinajstić information content (AvgIpc) is 1.64. The van der Waals surface area contributed by atoms with E-state index in [0.717, 1.165) is 0 Å². The zero-order chi connectivity index (χ0) is 96.6. The van der Waals surface area contributed by atoms with Crippen LogP contribution in [0.5, 0.6) is 0 Å². The van der Waals surface area contributed by atoms with E-state index in [2.05, 4.69) is 579 Å². The van der Waals surface area contributed by atoms with Crippen molar-refractivity contribution < 1.29 is 0 Å². The average molecular weight is 1840 g/mol. The van der Waals surface area contributed by atoms with Gasteiger partial charge in [-0.2, -0.15) is 0 Å². The van der Waals surface area contributed by atoms with E-state index in [1.54, 1.807) is 0 Å². The molecule has 30 rings (SSSR count). The zero-order valence-electron chi connectivity index (χ0n) is 81.2. The summed E-state index contributed by atoms with van der Waals surface area (Å²) in [6, 6.07) is 183. The molecule has 0 aliphatic heterocycles. The Morgan fingerprint density at radius 1 is 0.111 bits per heavy atom. The lowest BCUT2D eigenvalue weighted by Crippen LogP contribution is -1.94. The molecule has 0 fully saturated rings. The predicted octanol–water partition coefficient (Wildman–Crippen LogP) is 37.5. The van der Waals surface area contributed by atoms with E-state index in [1.165, 1.54) is 263 Å². The molecular formula is C138H102N6. The van der Waals surface area contributed by atoms with Gasteiger partial charge in [0.1, 0.15) is 0 Å². The van der Waals surface area contributed by atoms with Crippen molar-refractivity contribution in [3.63, 3.8) is 0 Å². The van der Waals surface area contributed by atoms with Crippen molar-refractivity contribution in [1.29, 1.82) is 0 Å². The van der Waals surface area contributed by atoms with E-state index in [-0.39, 0.29) is 0 Å². The fourth-order valence-electron chi connectivity index (χ4n) is 22.4. The molecule has 6 aromatic heterocycles. The molecule has 24 aromatic carbocycles. The normalized spacial score (nSPS) is 11.5. The first-order valence-electron chi connectivity index (χ1n) is 49.8. The minimum Gasteiger partial charge on any atom is -0.309 e. The third kappa shape index (κ3) is 15.5. The summed E-state index contributed by atoms with van der Waals surface area (Å²) >= 11 is 0. The van der Waals surface area contributed by atoms with Gasteiger partial charge < -0.3 is 27.4 Å². The van der Waals surface area contributed by atoms with Crippen molar-refractivity contribution >= 4 is 195 Å². The first-order valence-corrected chi connectivity index (χ1v) is 49.8. The molecule has 0 saturated heterocycles. The molecule has 684 valence electrons. The van der Waals surface area contributed by atoms with Crippen LogP contribution in [-0.4, -0.2) is 27.4 Å². The maximum atomic E-state index is 2.40. The summed E-state index contributed by atoms with van der Waals surface area (Å²) in [5.74, 6) is 0. The lowest BCUT2D eigenvalue weighted by atomic mass is 10.0. The summed E-state index contributed by atoms with van der Waals surface area (Å²) in [7, 11) is 0. The second kappa shape index (κ2) is 36.8. The van der Waals surface area contributed by atoms with Gasteiger partial charge in [-0.1, -0.05) is 380 Å². The van der Waals surface area contributed by atoms with Crippen molar-refractivity contribution in [2.24, 2.45) is 0 Å². The molecule has 144 heavy (non-hydrogen) atoms. The van der Waals surface area contributed by atoms with E-state index < -0.39 is 0 Å². The Balaban J connectivity index is 0.0000000905. The molecule has 0 aliphatic rings. The number of para-hydroxylation sites is 6. The van der Waals surface area contributed by atoms with Gasteiger partial charge in [-0.15, -0.1) is 0 Å². The van der Waals surface area contributed by atoms with Gasteiger partial charge in [-0.05, 0) is 258 Å². The molecule has 6 heteroatoms. The first kappa shape index (κ1) is 87.2. The Labute approximate surface area is 835 Å². The van der Waals surface area contributed by atoms with Gasteiger partial charge in [-0.3, -0.25) is 0 Å². The van der Waals surface area contributed by atoms with Gasteiger partial charge in [0.25, 0.3) is 0 Å². The Hall–Kier alpha value is -18.4. The van der Waals surface area contributed by atoms with E-state index >= 15 is 0 Å². The molecule has 0 amide bonds. The number of hydrogen-bond acceptors (Lipinski definition) is 0. The van der Waals surface area contributed by atoms with Crippen molar-refractivity contribution in [2.45, 2.75) is 41.5 Å². The summed E-state index contributed by atoms with van der Waals surface area (Å²) in [4.78, 5) is 0. The van der Waals surface area contributed by atoms with Crippen molar-refractivity contribution in [3.05, 3.63) is 543 Å². The third-order valence-corrected chi connectivity index (χ3v) is 29.0. The van der Waals surface area contributed by atoms with E-state index in [9.17, 15) is 0 Å². The highest BCUT2D eigenvalue weighted by Gasteiger charge is 2.23. The molecule has 0 unspecified atom stereocenters. The van der Waals surface area contributed by atoms with Crippen LogP contribution in [0.3, 0.4) is 0 Å². The van der Waals surface area contributed by atoms with Crippen molar-refractivity contribution in [1.82, 2.24) is 27.4 Å². The van der Waals surface area contributed by atoms with E-state index in [4.69, 9.17) is 0 Å². The Morgan fingerprint density at radius 3 is 0.819 bits per heavy atom. The van der Waals surface area contributed by atoms with Crippen molar-refractivity contribution in [3.8, 4) is 34.1 Å². The highest BCUT2D eigenvalue weighted by Crippen LogP contribution is 2.45. The standard InChI is InChI=1S/6C23H17N/c1-16-7-6-9-18(15-16)24-22-12-5-4-11-20(22)21-14-13-17-8-2-3-10-19(17)23(21)24;1-16-7-6-9-18(15-16)24-21-12-5-4-11-20(21)23-19-10-3-2-8-17(19)13-14-22(23)24;1-16-10-13-18(14-11-16)24-21-9-5-4-8-20(21)23-19-7-3-2-6-17(19)12-15-22(23)24;1-16-10-12-19(13-11-16)24-22-9-5-4-8-20(22)21-14-17-6-2-3-7-18(17)15-23(21)24;1-16-11-14-22-21(15-16)20-13-12-17-7-5-6-10-19(17)23(20)24(22)18-8-3-2-4-9-18;1-16-11-13-21-20(15-16)23-19-10-6-5-7-17(19)12-14-22(23)24(21)18-8-3-2-4-9-18/h6*2-15H,1H3. The predicted molar refractivity (Wildman–Crippen MR) is 618 cm³/mol. The molecule has 0 saturated carbocycles. The quantitative estimate of drug-likeness (QED) is 0.159. The largest absolute Gasteiger partial charge is 0.309 e. The topological polar surface area (TPSA) is 29.6 Å². The SMILES string of the molecule is Cc1ccc(-n2c3ccccc3c3c4ccccc4ccc32)cc1.Cc1ccc(-n2c3ccccc3c3cc4ccccc4cc32)cc1.Cc1ccc2c(c1)c1c3ccccc3ccc1n2-c1ccccc1.Cc1ccc2c(c1)c1ccc3ccccc3c1n2-c1ccccc1.Cc1cccc(-n2c3ccccc3c3c4ccccc4ccc32)c1.Cc1cccc(-n2c3ccccc3c3ccc4ccccc4c32)c1. The van der Waals surface area contributed by atoms with Crippen LogP contribution in [0.2, 0.25) is 0 Å². The van der Waals surface area contributed by atoms with Gasteiger partial charge in [0.15, 0.2) is 0 Å². The Bertz CT molecular complexity index is 10200. The van der Waals surface area contributed by atoms with Crippen molar-refractivity contribution in [2.75, 3.05) is 0 Å². The minimum atomic E-state index is 1.21. The number of aromatic nitrogens is 6. The number of aryl methyl sites for hydroxylation is 6. The van der Waals surface area contributed by atoms with Crippen LogP contribution in [0.15, 0.2) is 510 Å².